The van der Waals surface area contributed by atoms with E-state index >= 15 is 0 Å². The van der Waals surface area contributed by atoms with E-state index in [0.717, 1.165) is 42.5 Å². The van der Waals surface area contributed by atoms with Crippen molar-refractivity contribution < 1.29 is 9.90 Å². The molecule has 0 spiro atoms. The van der Waals surface area contributed by atoms with Crippen LogP contribution in [0.1, 0.15) is 23.2 Å². The van der Waals surface area contributed by atoms with Crippen molar-refractivity contribution in [2.45, 2.75) is 18.9 Å². The number of aliphatic hydroxyl groups is 1. The molecule has 1 saturated heterocycles. The number of fused-ring (bicyclic) bond motifs is 1. The van der Waals surface area contributed by atoms with Crippen LogP contribution >= 0.6 is 0 Å². The molecule has 3 aromatic rings. The number of carbonyl (C=O) groups is 1. The predicted molar refractivity (Wildman–Crippen MR) is 104 cm³/mol. The minimum absolute atomic E-state index is 0.150. The van der Waals surface area contributed by atoms with E-state index in [-0.39, 0.29) is 12.0 Å². The topological polar surface area (TPSA) is 65.5 Å². The fourth-order valence-corrected chi connectivity index (χ4v) is 3.29. The molecule has 1 amide bonds. The zero-order valence-corrected chi connectivity index (χ0v) is 14.4. The molecule has 0 unspecified atom stereocenters. The lowest BCUT2D eigenvalue weighted by Crippen LogP contribution is -2.35. The number of anilines is 2. The Morgan fingerprint density at radius 1 is 1.08 bits per heavy atom. The van der Waals surface area contributed by atoms with Gasteiger partial charge in [0.25, 0.3) is 5.91 Å². The maximum Gasteiger partial charge on any atom is 0.255 e. The predicted octanol–water partition coefficient (Wildman–Crippen LogP) is 3.45. The van der Waals surface area contributed by atoms with Crippen molar-refractivity contribution in [1.82, 2.24) is 4.98 Å². The molecule has 5 heteroatoms. The Kier molecular flexibility index (Phi) is 4.54. The number of hydrogen-bond donors (Lipinski definition) is 2. The molecule has 1 aliphatic heterocycles. The van der Waals surface area contributed by atoms with Gasteiger partial charge in [0.05, 0.1) is 23.5 Å². The number of benzene rings is 2. The van der Waals surface area contributed by atoms with E-state index in [1.807, 2.05) is 54.6 Å². The fraction of sp³-hybridized carbons (Fsp3) is 0.238. The fourth-order valence-electron chi connectivity index (χ4n) is 3.29. The summed E-state index contributed by atoms with van der Waals surface area (Å²) in [5, 5.41) is 13.5. The molecule has 2 aromatic carbocycles. The number of nitrogens with one attached hydrogen (secondary N) is 1. The number of carbonyl (C=O) groups excluding carboxylic acids is 1. The van der Waals surface area contributed by atoms with Crippen LogP contribution in [0.3, 0.4) is 0 Å². The Morgan fingerprint density at radius 3 is 2.58 bits per heavy atom. The Hall–Kier alpha value is -2.92. The van der Waals surface area contributed by atoms with E-state index in [2.05, 4.69) is 15.2 Å². The largest absolute Gasteiger partial charge is 0.393 e. The summed E-state index contributed by atoms with van der Waals surface area (Å²) in [7, 11) is 0. The average Bonchev–Trinajstić information content (AvgIpc) is 2.68. The lowest BCUT2D eigenvalue weighted by Gasteiger charge is -2.31. The minimum Gasteiger partial charge on any atom is -0.393 e. The van der Waals surface area contributed by atoms with E-state index in [1.54, 1.807) is 6.20 Å². The standard InChI is InChI=1S/C21H21N3O2/c25-19-9-11-24(12-10-19)18-7-5-15(6-8-18)21(26)23-17-13-16-3-1-2-4-20(16)22-14-17/h1-8,13-14,19,25H,9-12H2,(H,23,26). The van der Waals surface area contributed by atoms with Gasteiger partial charge in [0.1, 0.15) is 0 Å². The summed E-state index contributed by atoms with van der Waals surface area (Å²) in [5.74, 6) is -0.150. The van der Waals surface area contributed by atoms with Crippen molar-refractivity contribution in [2.24, 2.45) is 0 Å². The monoisotopic (exact) mass is 347 g/mol. The Bertz CT molecular complexity index is 916. The molecule has 1 aliphatic rings. The summed E-state index contributed by atoms with van der Waals surface area (Å²) in [6.45, 7) is 1.69. The number of amides is 1. The third-order valence-corrected chi connectivity index (χ3v) is 4.81. The third kappa shape index (κ3) is 3.53. The first-order chi connectivity index (χ1) is 12.7. The highest BCUT2D eigenvalue weighted by molar-refractivity contribution is 6.05. The maximum absolute atomic E-state index is 12.5. The molecule has 5 nitrogen and oxygen atoms in total. The van der Waals surface area contributed by atoms with E-state index < -0.39 is 0 Å². The van der Waals surface area contributed by atoms with Gasteiger partial charge in [0.2, 0.25) is 0 Å². The molecular weight excluding hydrogens is 326 g/mol. The van der Waals surface area contributed by atoms with Crippen LogP contribution in [0, 0.1) is 0 Å². The zero-order chi connectivity index (χ0) is 17.9. The van der Waals surface area contributed by atoms with E-state index in [4.69, 9.17) is 0 Å². The number of nitrogens with zero attached hydrogens (tertiary/aromatic N) is 2. The molecule has 4 rings (SSSR count). The first kappa shape index (κ1) is 16.5. The maximum atomic E-state index is 12.5. The summed E-state index contributed by atoms with van der Waals surface area (Å²) in [4.78, 5) is 19.1. The van der Waals surface area contributed by atoms with Crippen molar-refractivity contribution >= 4 is 28.2 Å². The molecule has 0 bridgehead atoms. The summed E-state index contributed by atoms with van der Waals surface area (Å²) in [6, 6.07) is 17.3. The lowest BCUT2D eigenvalue weighted by atomic mass is 10.1. The molecular formula is C21H21N3O2. The Labute approximate surface area is 152 Å². The van der Waals surface area contributed by atoms with E-state index in [0.29, 0.717) is 11.3 Å². The number of pyridine rings is 1. The highest BCUT2D eigenvalue weighted by atomic mass is 16.3. The van der Waals surface area contributed by atoms with E-state index in [1.165, 1.54) is 0 Å². The van der Waals surface area contributed by atoms with Gasteiger partial charge in [-0.2, -0.15) is 0 Å². The van der Waals surface area contributed by atoms with Crippen LogP contribution in [-0.2, 0) is 0 Å². The van der Waals surface area contributed by atoms with Gasteiger partial charge in [-0.25, -0.2) is 0 Å². The van der Waals surface area contributed by atoms with Crippen molar-refractivity contribution in [3.8, 4) is 0 Å². The highest BCUT2D eigenvalue weighted by Gasteiger charge is 2.17. The van der Waals surface area contributed by atoms with Gasteiger partial charge in [-0.3, -0.25) is 9.78 Å². The smallest absolute Gasteiger partial charge is 0.255 e. The molecule has 1 fully saturated rings. The molecule has 2 heterocycles. The second kappa shape index (κ2) is 7.14. The van der Waals surface area contributed by atoms with Crippen LogP contribution in [0.4, 0.5) is 11.4 Å². The first-order valence-electron chi connectivity index (χ1n) is 8.88. The van der Waals surface area contributed by atoms with Gasteiger partial charge >= 0.3 is 0 Å². The Balaban J connectivity index is 1.45. The molecule has 0 atom stereocenters. The molecule has 0 saturated carbocycles. The van der Waals surface area contributed by atoms with Gasteiger partial charge in [-0.05, 0) is 49.2 Å². The van der Waals surface area contributed by atoms with Crippen molar-refractivity contribution in [2.75, 3.05) is 23.3 Å². The summed E-state index contributed by atoms with van der Waals surface area (Å²) >= 11 is 0. The van der Waals surface area contributed by atoms with E-state index in [9.17, 15) is 9.90 Å². The number of aliphatic hydroxyl groups excluding tert-OH is 1. The van der Waals surface area contributed by atoms with Gasteiger partial charge < -0.3 is 15.3 Å². The second-order valence-corrected chi connectivity index (χ2v) is 6.64. The molecule has 132 valence electrons. The van der Waals surface area contributed by atoms with Crippen LogP contribution < -0.4 is 10.2 Å². The Morgan fingerprint density at radius 2 is 1.81 bits per heavy atom. The van der Waals surface area contributed by atoms with Gasteiger partial charge in [-0.15, -0.1) is 0 Å². The van der Waals surface area contributed by atoms with Gasteiger partial charge in [-0.1, -0.05) is 18.2 Å². The molecule has 0 radical (unpaired) electrons. The molecule has 1 aromatic heterocycles. The average molecular weight is 347 g/mol. The zero-order valence-electron chi connectivity index (χ0n) is 14.4. The first-order valence-corrected chi connectivity index (χ1v) is 8.88. The highest BCUT2D eigenvalue weighted by Crippen LogP contribution is 2.21. The van der Waals surface area contributed by atoms with Crippen molar-refractivity contribution in [3.05, 3.63) is 66.4 Å². The van der Waals surface area contributed by atoms with Crippen LogP contribution in [0.5, 0.6) is 0 Å². The number of piperidine rings is 1. The van der Waals surface area contributed by atoms with Crippen LogP contribution in [0.2, 0.25) is 0 Å². The van der Waals surface area contributed by atoms with Crippen molar-refractivity contribution in [3.63, 3.8) is 0 Å². The number of aromatic nitrogens is 1. The molecule has 2 N–H and O–H groups in total. The second-order valence-electron chi connectivity index (χ2n) is 6.64. The van der Waals surface area contributed by atoms with Gasteiger partial charge in [0.15, 0.2) is 0 Å². The summed E-state index contributed by atoms with van der Waals surface area (Å²) < 4.78 is 0. The molecule has 26 heavy (non-hydrogen) atoms. The summed E-state index contributed by atoms with van der Waals surface area (Å²) in [6.07, 6.45) is 3.06. The van der Waals surface area contributed by atoms with Crippen LogP contribution in [-0.4, -0.2) is 35.2 Å². The lowest BCUT2D eigenvalue weighted by molar-refractivity contribution is 0.102. The van der Waals surface area contributed by atoms with Crippen LogP contribution in [0.25, 0.3) is 10.9 Å². The minimum atomic E-state index is -0.188. The molecule has 0 aliphatic carbocycles. The number of para-hydroxylation sites is 1. The van der Waals surface area contributed by atoms with Crippen LogP contribution in [0.15, 0.2) is 60.8 Å². The SMILES string of the molecule is O=C(Nc1cnc2ccccc2c1)c1ccc(N2CCC(O)CC2)cc1. The number of hydrogen-bond acceptors (Lipinski definition) is 4. The van der Waals surface area contributed by atoms with Gasteiger partial charge in [0, 0.05) is 29.7 Å². The quantitative estimate of drug-likeness (QED) is 0.762. The summed E-state index contributed by atoms with van der Waals surface area (Å²) in [5.41, 5.74) is 3.28. The van der Waals surface area contributed by atoms with Crippen molar-refractivity contribution in [1.29, 1.82) is 0 Å². The third-order valence-electron chi connectivity index (χ3n) is 4.81. The normalized spacial score (nSPS) is 15.2. The number of rotatable bonds is 3.